The summed E-state index contributed by atoms with van der Waals surface area (Å²) < 4.78 is 5.77. The number of ether oxygens (including phenoxy) is 1. The van der Waals surface area contributed by atoms with E-state index < -0.39 is 5.97 Å². The van der Waals surface area contributed by atoms with Crippen molar-refractivity contribution in [1.82, 2.24) is 4.98 Å². The first-order valence-corrected chi connectivity index (χ1v) is 7.01. The molecule has 0 radical (unpaired) electrons. The lowest BCUT2D eigenvalue weighted by Gasteiger charge is -2.22. The average Bonchev–Trinajstić information content (AvgIpc) is 2.45. The number of nitrogens with zero attached hydrogens (tertiary/aromatic N) is 1. The van der Waals surface area contributed by atoms with Gasteiger partial charge >= 0.3 is 5.97 Å². The van der Waals surface area contributed by atoms with E-state index in [1.807, 2.05) is 0 Å². The van der Waals surface area contributed by atoms with Crippen LogP contribution in [0.15, 0.2) is 12.3 Å². The Balaban J connectivity index is 1.80. The third kappa shape index (κ3) is 4.09. The minimum absolute atomic E-state index is 0.0858. The summed E-state index contributed by atoms with van der Waals surface area (Å²) in [5.74, 6) is -0.709. The summed E-state index contributed by atoms with van der Waals surface area (Å²) in [5, 5.41) is 12.1. The van der Waals surface area contributed by atoms with E-state index in [4.69, 9.17) is 15.6 Å². The molecule has 0 spiro atoms. The van der Waals surface area contributed by atoms with Gasteiger partial charge in [0, 0.05) is 6.54 Å². The molecule has 0 unspecified atom stereocenters. The van der Waals surface area contributed by atoms with Crippen LogP contribution in [0, 0.1) is 0 Å². The Hall–Kier alpha value is -1.82. The maximum atomic E-state index is 11.1. The van der Waals surface area contributed by atoms with Crippen molar-refractivity contribution in [2.75, 3.05) is 24.2 Å². The van der Waals surface area contributed by atoms with E-state index in [9.17, 15) is 4.79 Å². The number of pyridine rings is 1. The van der Waals surface area contributed by atoms with Crippen molar-refractivity contribution >= 4 is 17.5 Å². The van der Waals surface area contributed by atoms with E-state index in [0.717, 1.165) is 12.8 Å². The molecule has 1 aromatic rings. The molecule has 6 heteroatoms. The van der Waals surface area contributed by atoms with Gasteiger partial charge in [-0.25, -0.2) is 9.78 Å². The Morgan fingerprint density at radius 3 is 2.90 bits per heavy atom. The Kier molecular flexibility index (Phi) is 5.17. The molecule has 4 N–H and O–H groups in total. The van der Waals surface area contributed by atoms with Crippen molar-refractivity contribution in [1.29, 1.82) is 0 Å². The van der Waals surface area contributed by atoms with Crippen LogP contribution in [0.3, 0.4) is 0 Å². The Morgan fingerprint density at radius 2 is 2.20 bits per heavy atom. The van der Waals surface area contributed by atoms with E-state index in [2.05, 4.69) is 10.3 Å². The van der Waals surface area contributed by atoms with Crippen molar-refractivity contribution in [3.05, 3.63) is 17.8 Å². The number of hydrogen-bond acceptors (Lipinski definition) is 5. The molecule has 1 saturated carbocycles. The molecule has 0 bridgehead atoms. The first-order chi connectivity index (χ1) is 9.66. The van der Waals surface area contributed by atoms with Crippen molar-refractivity contribution in [2.24, 2.45) is 0 Å². The number of aromatic carboxylic acids is 1. The molecule has 0 atom stereocenters. The minimum Gasteiger partial charge on any atom is -0.478 e. The highest BCUT2D eigenvalue weighted by molar-refractivity contribution is 5.94. The molecular weight excluding hydrogens is 258 g/mol. The van der Waals surface area contributed by atoms with Crippen LogP contribution in [-0.2, 0) is 4.74 Å². The molecule has 1 fully saturated rings. The van der Waals surface area contributed by atoms with Gasteiger partial charge in [0.15, 0.2) is 0 Å². The maximum Gasteiger partial charge on any atom is 0.339 e. The van der Waals surface area contributed by atoms with Crippen LogP contribution in [0.25, 0.3) is 0 Å². The van der Waals surface area contributed by atoms with Gasteiger partial charge in [-0.05, 0) is 18.9 Å². The Labute approximate surface area is 118 Å². The highest BCUT2D eigenvalue weighted by Gasteiger charge is 2.14. The fraction of sp³-hybridized carbons (Fsp3) is 0.571. The van der Waals surface area contributed by atoms with E-state index in [1.165, 1.54) is 31.5 Å². The number of carbonyl (C=O) groups is 1. The quantitative estimate of drug-likeness (QED) is 0.690. The summed E-state index contributed by atoms with van der Waals surface area (Å²) in [7, 11) is 0. The van der Waals surface area contributed by atoms with Crippen LogP contribution in [0.2, 0.25) is 0 Å². The lowest BCUT2D eigenvalue weighted by molar-refractivity contribution is 0.0347. The summed E-state index contributed by atoms with van der Waals surface area (Å²) in [6.45, 7) is 1.09. The zero-order valence-corrected chi connectivity index (χ0v) is 11.5. The highest BCUT2D eigenvalue weighted by Crippen LogP contribution is 2.20. The number of carboxylic acids is 1. The number of nitrogen functional groups attached to an aromatic ring is 1. The lowest BCUT2D eigenvalue weighted by atomic mass is 9.98. The summed E-state index contributed by atoms with van der Waals surface area (Å²) >= 11 is 0. The number of aromatic nitrogens is 1. The van der Waals surface area contributed by atoms with Crippen molar-refractivity contribution in [2.45, 2.75) is 38.2 Å². The highest BCUT2D eigenvalue weighted by atomic mass is 16.5. The number of nitrogens with two attached hydrogens (primary N) is 1. The van der Waals surface area contributed by atoms with E-state index in [1.54, 1.807) is 0 Å². The summed E-state index contributed by atoms with van der Waals surface area (Å²) in [4.78, 5) is 15.1. The molecule has 6 nitrogen and oxygen atoms in total. The second-order valence-electron chi connectivity index (χ2n) is 5.03. The van der Waals surface area contributed by atoms with Crippen LogP contribution in [0.5, 0.6) is 0 Å². The molecule has 1 heterocycles. The third-order valence-electron chi connectivity index (χ3n) is 3.44. The Bertz CT molecular complexity index is 459. The van der Waals surface area contributed by atoms with Gasteiger partial charge in [0.25, 0.3) is 0 Å². The predicted molar refractivity (Wildman–Crippen MR) is 76.9 cm³/mol. The number of rotatable bonds is 6. The zero-order chi connectivity index (χ0) is 14.4. The average molecular weight is 279 g/mol. The fourth-order valence-electron chi connectivity index (χ4n) is 2.41. The minimum atomic E-state index is -1.04. The van der Waals surface area contributed by atoms with Gasteiger partial charge in [-0.1, -0.05) is 19.3 Å². The molecule has 20 heavy (non-hydrogen) atoms. The van der Waals surface area contributed by atoms with E-state index in [-0.39, 0.29) is 5.56 Å². The van der Waals surface area contributed by atoms with Gasteiger partial charge in [-0.2, -0.15) is 0 Å². The number of anilines is 2. The van der Waals surface area contributed by atoms with Gasteiger partial charge in [-0.3, -0.25) is 0 Å². The largest absolute Gasteiger partial charge is 0.478 e. The van der Waals surface area contributed by atoms with Crippen molar-refractivity contribution in [3.63, 3.8) is 0 Å². The smallest absolute Gasteiger partial charge is 0.339 e. The van der Waals surface area contributed by atoms with Crippen molar-refractivity contribution in [3.8, 4) is 0 Å². The SMILES string of the molecule is Nc1cnc(NCCOC2CCCCC2)c(C(=O)O)c1. The molecule has 1 aliphatic carbocycles. The molecule has 0 aromatic carbocycles. The predicted octanol–water partition coefficient (Wildman–Crippen LogP) is 2.12. The molecule has 0 amide bonds. The second-order valence-corrected chi connectivity index (χ2v) is 5.03. The molecule has 110 valence electrons. The molecule has 1 aliphatic rings. The normalized spacial score (nSPS) is 16.0. The van der Waals surface area contributed by atoms with Gasteiger partial charge in [0.2, 0.25) is 0 Å². The molecule has 0 aliphatic heterocycles. The summed E-state index contributed by atoms with van der Waals surface area (Å²) in [6.07, 6.45) is 7.82. The fourth-order valence-corrected chi connectivity index (χ4v) is 2.41. The van der Waals surface area contributed by atoms with Gasteiger partial charge in [0.05, 0.1) is 24.6 Å². The number of nitrogens with one attached hydrogen (secondary N) is 1. The molecular formula is C14H21N3O3. The van der Waals surface area contributed by atoms with Crippen LogP contribution >= 0.6 is 0 Å². The molecule has 1 aromatic heterocycles. The second kappa shape index (κ2) is 7.09. The number of hydrogen-bond donors (Lipinski definition) is 3. The van der Waals surface area contributed by atoms with E-state index >= 15 is 0 Å². The van der Waals surface area contributed by atoms with Crippen LogP contribution in [-0.4, -0.2) is 35.3 Å². The summed E-state index contributed by atoms with van der Waals surface area (Å²) in [6, 6.07) is 1.40. The van der Waals surface area contributed by atoms with Gasteiger partial charge in [0.1, 0.15) is 11.4 Å². The first-order valence-electron chi connectivity index (χ1n) is 7.01. The molecule has 2 rings (SSSR count). The van der Waals surface area contributed by atoms with Crippen LogP contribution in [0.4, 0.5) is 11.5 Å². The Morgan fingerprint density at radius 1 is 1.45 bits per heavy atom. The zero-order valence-electron chi connectivity index (χ0n) is 11.5. The van der Waals surface area contributed by atoms with Crippen LogP contribution in [0.1, 0.15) is 42.5 Å². The number of carboxylic acid groups (broad SMARTS) is 1. The topological polar surface area (TPSA) is 97.5 Å². The van der Waals surface area contributed by atoms with Crippen molar-refractivity contribution < 1.29 is 14.6 Å². The first kappa shape index (κ1) is 14.6. The monoisotopic (exact) mass is 279 g/mol. The van der Waals surface area contributed by atoms with E-state index in [0.29, 0.717) is 30.8 Å². The van der Waals surface area contributed by atoms with Gasteiger partial charge < -0.3 is 20.9 Å². The van der Waals surface area contributed by atoms with Crippen LogP contribution < -0.4 is 11.1 Å². The lowest BCUT2D eigenvalue weighted by Crippen LogP contribution is -2.21. The third-order valence-corrected chi connectivity index (χ3v) is 3.44. The standard InChI is InChI=1S/C14H21N3O3/c15-10-8-12(14(18)19)13(17-9-10)16-6-7-20-11-4-2-1-3-5-11/h8-9,11H,1-7,15H2,(H,16,17)(H,18,19). The summed E-state index contributed by atoms with van der Waals surface area (Å²) in [5.41, 5.74) is 5.96. The maximum absolute atomic E-state index is 11.1. The van der Waals surface area contributed by atoms with Gasteiger partial charge in [-0.15, -0.1) is 0 Å². The molecule has 0 saturated heterocycles.